The summed E-state index contributed by atoms with van der Waals surface area (Å²) in [7, 11) is 1.22. The molecule has 2 rings (SSSR count). The first-order valence-electron chi connectivity index (χ1n) is 6.24. The summed E-state index contributed by atoms with van der Waals surface area (Å²) >= 11 is 0. The van der Waals surface area contributed by atoms with Crippen LogP contribution in [0, 0.1) is 5.82 Å². The average molecular weight is 281 g/mol. The molecule has 20 heavy (non-hydrogen) atoms. The number of anilines is 2. The van der Waals surface area contributed by atoms with Gasteiger partial charge in [-0.3, -0.25) is 4.79 Å². The second kappa shape index (κ2) is 5.77. The summed E-state index contributed by atoms with van der Waals surface area (Å²) in [5.74, 6) is -1.46. The van der Waals surface area contributed by atoms with Gasteiger partial charge in [0.25, 0.3) is 0 Å². The van der Waals surface area contributed by atoms with E-state index >= 15 is 0 Å². The van der Waals surface area contributed by atoms with E-state index < -0.39 is 17.8 Å². The minimum Gasteiger partial charge on any atom is -0.465 e. The molecule has 6 nitrogen and oxygen atoms in total. The molecule has 1 unspecified atom stereocenters. The van der Waals surface area contributed by atoms with Gasteiger partial charge in [-0.15, -0.1) is 0 Å². The maximum absolute atomic E-state index is 13.9. The lowest BCUT2D eigenvalue weighted by Crippen LogP contribution is -2.44. The summed E-state index contributed by atoms with van der Waals surface area (Å²) in [6.07, 6.45) is 1.41. The summed E-state index contributed by atoms with van der Waals surface area (Å²) in [5.41, 5.74) is 5.69. The molecule has 4 N–H and O–H groups in total. The topological polar surface area (TPSA) is 93.5 Å². The molecular weight excluding hydrogens is 265 g/mol. The fraction of sp³-hybridized carbons (Fsp3) is 0.385. The highest BCUT2D eigenvalue weighted by Crippen LogP contribution is 2.24. The Labute approximate surface area is 115 Å². The number of nitrogens with two attached hydrogens (primary N) is 1. The second-order valence-corrected chi connectivity index (χ2v) is 4.54. The molecule has 0 radical (unpaired) electrons. The van der Waals surface area contributed by atoms with Gasteiger partial charge in [0.2, 0.25) is 5.91 Å². The average Bonchev–Trinajstić information content (AvgIpc) is 2.43. The van der Waals surface area contributed by atoms with Crippen LogP contribution in [0.4, 0.5) is 15.8 Å². The molecule has 1 aromatic rings. The number of rotatable bonds is 3. The maximum Gasteiger partial charge on any atom is 0.340 e. The zero-order chi connectivity index (χ0) is 14.7. The van der Waals surface area contributed by atoms with Gasteiger partial charge in [0, 0.05) is 12.2 Å². The van der Waals surface area contributed by atoms with E-state index in [9.17, 15) is 14.0 Å². The Morgan fingerprint density at radius 2 is 2.30 bits per heavy atom. The third kappa shape index (κ3) is 2.81. The quantitative estimate of drug-likeness (QED) is 0.565. The van der Waals surface area contributed by atoms with Crippen LogP contribution in [0.2, 0.25) is 0 Å². The van der Waals surface area contributed by atoms with Crippen LogP contribution in [-0.4, -0.2) is 31.6 Å². The molecule has 1 fully saturated rings. The smallest absolute Gasteiger partial charge is 0.340 e. The lowest BCUT2D eigenvalue weighted by Gasteiger charge is -2.24. The van der Waals surface area contributed by atoms with Crippen LogP contribution in [0.3, 0.4) is 0 Å². The lowest BCUT2D eigenvalue weighted by molar-refractivity contribution is -0.123. The maximum atomic E-state index is 13.9. The van der Waals surface area contributed by atoms with Crippen LogP contribution in [0.25, 0.3) is 0 Å². The zero-order valence-electron chi connectivity index (χ0n) is 11.0. The summed E-state index contributed by atoms with van der Waals surface area (Å²) in [4.78, 5) is 23.2. The Morgan fingerprint density at radius 1 is 1.55 bits per heavy atom. The molecular formula is C13H16FN3O3. The first-order valence-corrected chi connectivity index (χ1v) is 6.24. The number of carbonyl (C=O) groups is 2. The standard InChI is InChI=1S/C13H16FN3O3/c1-20-13(19)7-5-11(8(14)6-9(7)15)17-10-3-2-4-16-12(10)18/h5-6,10,17H,2-4,15H2,1H3,(H,16,18). The fourth-order valence-electron chi connectivity index (χ4n) is 2.08. The van der Waals surface area contributed by atoms with Gasteiger partial charge >= 0.3 is 5.97 Å². The number of nitrogens with one attached hydrogen (secondary N) is 2. The molecule has 1 aliphatic heterocycles. The minimum atomic E-state index is -0.654. The molecule has 1 saturated heterocycles. The van der Waals surface area contributed by atoms with Crippen molar-refractivity contribution < 1.29 is 18.7 Å². The molecule has 1 aromatic carbocycles. The van der Waals surface area contributed by atoms with Crippen LogP contribution in [0.15, 0.2) is 12.1 Å². The van der Waals surface area contributed by atoms with Crippen LogP contribution < -0.4 is 16.4 Å². The van der Waals surface area contributed by atoms with E-state index in [2.05, 4.69) is 15.4 Å². The van der Waals surface area contributed by atoms with Crippen LogP contribution in [0.1, 0.15) is 23.2 Å². The van der Waals surface area contributed by atoms with Gasteiger partial charge in [-0.1, -0.05) is 0 Å². The molecule has 1 amide bonds. The van der Waals surface area contributed by atoms with Crippen molar-refractivity contribution >= 4 is 23.3 Å². The van der Waals surface area contributed by atoms with Crippen molar-refractivity contribution in [1.82, 2.24) is 5.32 Å². The van der Waals surface area contributed by atoms with Gasteiger partial charge in [0.05, 0.1) is 18.4 Å². The third-order valence-electron chi connectivity index (χ3n) is 3.16. The van der Waals surface area contributed by atoms with Crippen molar-refractivity contribution in [1.29, 1.82) is 0 Å². The van der Waals surface area contributed by atoms with Crippen molar-refractivity contribution in [2.45, 2.75) is 18.9 Å². The number of carbonyl (C=O) groups excluding carboxylic acids is 2. The van der Waals surface area contributed by atoms with Crippen molar-refractivity contribution in [3.05, 3.63) is 23.5 Å². The number of halogens is 1. The van der Waals surface area contributed by atoms with E-state index in [4.69, 9.17) is 5.73 Å². The van der Waals surface area contributed by atoms with Crippen LogP contribution in [0.5, 0.6) is 0 Å². The van der Waals surface area contributed by atoms with Crippen LogP contribution >= 0.6 is 0 Å². The second-order valence-electron chi connectivity index (χ2n) is 4.54. The Balaban J connectivity index is 2.26. The van der Waals surface area contributed by atoms with Crippen molar-refractivity contribution in [3.63, 3.8) is 0 Å². The van der Waals surface area contributed by atoms with E-state index in [1.54, 1.807) is 0 Å². The normalized spacial score (nSPS) is 18.3. The van der Waals surface area contributed by atoms with E-state index in [0.717, 1.165) is 12.5 Å². The van der Waals surface area contributed by atoms with E-state index in [0.29, 0.717) is 13.0 Å². The highest BCUT2D eigenvalue weighted by Gasteiger charge is 2.23. The molecule has 0 saturated carbocycles. The SMILES string of the molecule is COC(=O)c1cc(NC2CCCNC2=O)c(F)cc1N. The molecule has 108 valence electrons. The first-order chi connectivity index (χ1) is 9.52. The monoisotopic (exact) mass is 281 g/mol. The molecule has 1 atom stereocenters. The Kier molecular flexibility index (Phi) is 4.07. The van der Waals surface area contributed by atoms with Gasteiger partial charge in [-0.2, -0.15) is 0 Å². The highest BCUT2D eigenvalue weighted by atomic mass is 19.1. The number of hydrogen-bond acceptors (Lipinski definition) is 5. The number of hydrogen-bond donors (Lipinski definition) is 3. The number of esters is 1. The summed E-state index contributed by atoms with van der Waals surface area (Å²) in [6, 6.07) is 1.78. The first kappa shape index (κ1) is 14.1. The Hall–Kier alpha value is -2.31. The highest BCUT2D eigenvalue weighted by molar-refractivity contribution is 5.96. The number of benzene rings is 1. The lowest BCUT2D eigenvalue weighted by atomic mass is 10.1. The number of piperidine rings is 1. The van der Waals surface area contributed by atoms with Gasteiger partial charge in [-0.05, 0) is 25.0 Å². The van der Waals surface area contributed by atoms with Gasteiger partial charge in [0.15, 0.2) is 0 Å². The molecule has 0 aliphatic carbocycles. The van der Waals surface area contributed by atoms with Crippen molar-refractivity contribution in [2.75, 3.05) is 24.7 Å². The number of amides is 1. The third-order valence-corrected chi connectivity index (χ3v) is 3.16. The predicted molar refractivity (Wildman–Crippen MR) is 71.8 cm³/mol. The predicted octanol–water partition coefficient (Wildman–Crippen LogP) is 0.885. The molecule has 0 bridgehead atoms. The zero-order valence-corrected chi connectivity index (χ0v) is 11.0. The van der Waals surface area contributed by atoms with Crippen molar-refractivity contribution in [2.24, 2.45) is 0 Å². The largest absolute Gasteiger partial charge is 0.465 e. The fourth-order valence-corrected chi connectivity index (χ4v) is 2.08. The number of methoxy groups -OCH3 is 1. The van der Waals surface area contributed by atoms with Crippen LogP contribution in [-0.2, 0) is 9.53 Å². The summed E-state index contributed by atoms with van der Waals surface area (Å²) in [5, 5.41) is 5.49. The van der Waals surface area contributed by atoms with E-state index in [1.807, 2.05) is 0 Å². The molecule has 0 aromatic heterocycles. The Bertz CT molecular complexity index is 548. The molecule has 0 spiro atoms. The Morgan fingerprint density at radius 3 is 2.95 bits per heavy atom. The molecule has 1 aliphatic rings. The van der Waals surface area contributed by atoms with E-state index in [-0.39, 0.29) is 22.8 Å². The number of nitrogen functional groups attached to an aromatic ring is 1. The summed E-state index contributed by atoms with van der Waals surface area (Å²) in [6.45, 7) is 0.620. The molecule has 7 heteroatoms. The minimum absolute atomic E-state index is 0.00649. The van der Waals surface area contributed by atoms with Gasteiger partial charge in [-0.25, -0.2) is 9.18 Å². The number of ether oxygens (including phenoxy) is 1. The van der Waals surface area contributed by atoms with E-state index in [1.165, 1.54) is 13.2 Å². The van der Waals surface area contributed by atoms with Gasteiger partial charge in [0.1, 0.15) is 11.9 Å². The van der Waals surface area contributed by atoms with Crippen molar-refractivity contribution in [3.8, 4) is 0 Å². The molecule has 1 heterocycles. The summed E-state index contributed by atoms with van der Waals surface area (Å²) < 4.78 is 18.4. The van der Waals surface area contributed by atoms with Gasteiger partial charge < -0.3 is 21.1 Å².